The van der Waals surface area contributed by atoms with Crippen LogP contribution in [0.2, 0.25) is 0 Å². The van der Waals surface area contributed by atoms with Crippen molar-refractivity contribution in [3.63, 3.8) is 0 Å². The fourth-order valence-electron chi connectivity index (χ4n) is 4.45. The molecule has 4 rings (SSSR count). The Morgan fingerprint density at radius 3 is 2.45 bits per heavy atom. The fourth-order valence-corrected chi connectivity index (χ4v) is 4.45. The molecule has 1 fully saturated rings. The summed E-state index contributed by atoms with van der Waals surface area (Å²) in [6.45, 7) is 7.09. The molecule has 1 N–H and O–H groups in total. The van der Waals surface area contributed by atoms with Crippen molar-refractivity contribution in [2.24, 2.45) is 5.92 Å². The van der Waals surface area contributed by atoms with Crippen molar-refractivity contribution in [1.29, 1.82) is 0 Å². The minimum Gasteiger partial charge on any atom is -0.325 e. The zero-order valence-corrected chi connectivity index (χ0v) is 17.4. The van der Waals surface area contributed by atoms with Gasteiger partial charge in [0.25, 0.3) is 0 Å². The van der Waals surface area contributed by atoms with Crippen LogP contribution in [0.1, 0.15) is 36.5 Å². The molecule has 0 aromatic heterocycles. The summed E-state index contributed by atoms with van der Waals surface area (Å²) >= 11 is 0. The molecule has 1 amide bonds. The summed E-state index contributed by atoms with van der Waals surface area (Å²) in [6.07, 6.45) is 2.77. The number of benzene rings is 3. The van der Waals surface area contributed by atoms with E-state index in [1.54, 1.807) is 0 Å². The van der Waals surface area contributed by atoms with Gasteiger partial charge in [0, 0.05) is 18.2 Å². The second-order valence-corrected chi connectivity index (χ2v) is 8.14. The molecular weight excluding hydrogens is 356 g/mol. The maximum atomic E-state index is 12.9. The summed E-state index contributed by atoms with van der Waals surface area (Å²) in [7, 11) is 0. The van der Waals surface area contributed by atoms with E-state index >= 15 is 0 Å². The molecule has 3 heteroatoms. The summed E-state index contributed by atoms with van der Waals surface area (Å²) in [6, 6.07) is 21.4. The lowest BCUT2D eigenvalue weighted by Crippen LogP contribution is -2.38. The van der Waals surface area contributed by atoms with Crippen LogP contribution in [0, 0.1) is 12.8 Å². The molecule has 3 aromatic rings. The quantitative estimate of drug-likeness (QED) is 0.622. The minimum atomic E-state index is 0.100. The van der Waals surface area contributed by atoms with Gasteiger partial charge in [0.2, 0.25) is 5.91 Å². The van der Waals surface area contributed by atoms with E-state index in [1.165, 1.54) is 21.9 Å². The van der Waals surface area contributed by atoms with Crippen LogP contribution in [0.5, 0.6) is 0 Å². The second-order valence-electron chi connectivity index (χ2n) is 8.14. The smallest absolute Gasteiger partial charge is 0.227 e. The Hall–Kier alpha value is -2.65. The summed E-state index contributed by atoms with van der Waals surface area (Å²) in [5, 5.41) is 5.86. The highest BCUT2D eigenvalue weighted by Crippen LogP contribution is 2.26. The minimum absolute atomic E-state index is 0.100. The molecule has 1 aliphatic heterocycles. The number of amides is 1. The largest absolute Gasteiger partial charge is 0.325 e. The van der Waals surface area contributed by atoms with E-state index in [4.69, 9.17) is 0 Å². The van der Waals surface area contributed by atoms with Gasteiger partial charge in [0.05, 0.1) is 0 Å². The van der Waals surface area contributed by atoms with E-state index in [0.717, 1.165) is 50.1 Å². The standard InChI is InChI=1S/C26H30N2O/c1-3-20-10-6-8-19(2)25(20)27-26(29)22-14-16-28(17-15-22)18-23-12-7-11-21-9-4-5-13-24(21)23/h4-13,22H,3,14-18H2,1-2H3,(H,27,29). The molecule has 29 heavy (non-hydrogen) atoms. The molecular formula is C26H30N2O. The Balaban J connectivity index is 1.38. The van der Waals surface area contributed by atoms with Crippen molar-refractivity contribution in [3.05, 3.63) is 77.4 Å². The highest BCUT2D eigenvalue weighted by atomic mass is 16.1. The number of hydrogen-bond donors (Lipinski definition) is 1. The second kappa shape index (κ2) is 8.79. The van der Waals surface area contributed by atoms with Gasteiger partial charge >= 0.3 is 0 Å². The maximum absolute atomic E-state index is 12.9. The number of nitrogens with one attached hydrogen (secondary N) is 1. The maximum Gasteiger partial charge on any atom is 0.227 e. The zero-order valence-electron chi connectivity index (χ0n) is 17.4. The van der Waals surface area contributed by atoms with Gasteiger partial charge in [0.1, 0.15) is 0 Å². The molecule has 0 atom stereocenters. The van der Waals surface area contributed by atoms with Crippen molar-refractivity contribution in [2.45, 2.75) is 39.7 Å². The van der Waals surface area contributed by atoms with Crippen molar-refractivity contribution in [2.75, 3.05) is 18.4 Å². The van der Waals surface area contributed by atoms with Crippen LogP contribution in [0.3, 0.4) is 0 Å². The number of anilines is 1. The van der Waals surface area contributed by atoms with Crippen LogP contribution in [-0.4, -0.2) is 23.9 Å². The topological polar surface area (TPSA) is 32.3 Å². The van der Waals surface area contributed by atoms with Gasteiger partial charge in [-0.15, -0.1) is 0 Å². The summed E-state index contributed by atoms with van der Waals surface area (Å²) < 4.78 is 0. The molecule has 0 radical (unpaired) electrons. The first-order chi connectivity index (χ1) is 14.2. The number of hydrogen-bond acceptors (Lipinski definition) is 2. The molecule has 0 bridgehead atoms. The van der Waals surface area contributed by atoms with Crippen LogP contribution in [0.15, 0.2) is 60.7 Å². The normalized spacial score (nSPS) is 15.5. The summed E-state index contributed by atoms with van der Waals surface area (Å²) in [5.41, 5.74) is 4.74. The van der Waals surface area contributed by atoms with Gasteiger partial charge in [-0.3, -0.25) is 9.69 Å². The number of rotatable bonds is 5. The number of likely N-dealkylation sites (tertiary alicyclic amines) is 1. The third-order valence-electron chi connectivity index (χ3n) is 6.22. The van der Waals surface area contributed by atoms with E-state index in [1.807, 2.05) is 0 Å². The average molecular weight is 387 g/mol. The Morgan fingerprint density at radius 1 is 0.966 bits per heavy atom. The lowest BCUT2D eigenvalue weighted by molar-refractivity contribution is -0.121. The Labute approximate surface area is 173 Å². The molecule has 3 nitrogen and oxygen atoms in total. The van der Waals surface area contributed by atoms with Crippen molar-refractivity contribution in [3.8, 4) is 0 Å². The van der Waals surface area contributed by atoms with Gasteiger partial charge in [-0.05, 0) is 66.7 Å². The first-order valence-electron chi connectivity index (χ1n) is 10.7. The van der Waals surface area contributed by atoms with Crippen LogP contribution < -0.4 is 5.32 Å². The average Bonchev–Trinajstić information content (AvgIpc) is 2.76. The fraction of sp³-hybridized carbons (Fsp3) is 0.346. The lowest BCUT2D eigenvalue weighted by Gasteiger charge is -2.31. The predicted molar refractivity (Wildman–Crippen MR) is 121 cm³/mol. The van der Waals surface area contributed by atoms with E-state index in [-0.39, 0.29) is 11.8 Å². The third-order valence-corrected chi connectivity index (χ3v) is 6.22. The number of carbonyl (C=O) groups is 1. The number of piperidine rings is 1. The highest BCUT2D eigenvalue weighted by molar-refractivity contribution is 5.94. The van der Waals surface area contributed by atoms with Gasteiger partial charge in [-0.25, -0.2) is 0 Å². The van der Waals surface area contributed by atoms with Gasteiger partial charge in [-0.1, -0.05) is 67.6 Å². The van der Waals surface area contributed by atoms with Crippen LogP contribution >= 0.6 is 0 Å². The molecule has 1 saturated heterocycles. The first kappa shape index (κ1) is 19.7. The number of para-hydroxylation sites is 1. The van der Waals surface area contributed by atoms with Gasteiger partial charge < -0.3 is 5.32 Å². The number of fused-ring (bicyclic) bond motifs is 1. The molecule has 150 valence electrons. The Bertz CT molecular complexity index is 997. The molecule has 3 aromatic carbocycles. The molecule has 1 aliphatic rings. The molecule has 0 aliphatic carbocycles. The van der Waals surface area contributed by atoms with Crippen molar-refractivity contribution in [1.82, 2.24) is 4.90 Å². The van der Waals surface area contributed by atoms with Gasteiger partial charge in [0.15, 0.2) is 0 Å². The van der Waals surface area contributed by atoms with Gasteiger partial charge in [-0.2, -0.15) is 0 Å². The number of nitrogens with zero attached hydrogens (tertiary/aromatic N) is 1. The van der Waals surface area contributed by atoms with Crippen molar-refractivity contribution < 1.29 is 4.79 Å². The number of aryl methyl sites for hydroxylation is 2. The highest BCUT2D eigenvalue weighted by Gasteiger charge is 2.26. The Kier molecular flexibility index (Phi) is 5.96. The van der Waals surface area contributed by atoms with Crippen LogP contribution in [0.25, 0.3) is 10.8 Å². The summed E-state index contributed by atoms with van der Waals surface area (Å²) in [4.78, 5) is 15.4. The monoisotopic (exact) mass is 386 g/mol. The van der Waals surface area contributed by atoms with Crippen LogP contribution in [0.4, 0.5) is 5.69 Å². The van der Waals surface area contributed by atoms with E-state index in [0.29, 0.717) is 0 Å². The predicted octanol–water partition coefficient (Wildman–Crippen LogP) is 5.56. The third kappa shape index (κ3) is 4.35. The summed E-state index contributed by atoms with van der Waals surface area (Å²) in [5.74, 6) is 0.280. The Morgan fingerprint density at radius 2 is 1.66 bits per heavy atom. The molecule has 0 spiro atoms. The molecule has 0 unspecified atom stereocenters. The first-order valence-corrected chi connectivity index (χ1v) is 10.7. The number of carbonyl (C=O) groups excluding carboxylic acids is 1. The van der Waals surface area contributed by atoms with Crippen LogP contribution in [-0.2, 0) is 17.8 Å². The zero-order chi connectivity index (χ0) is 20.2. The lowest BCUT2D eigenvalue weighted by atomic mass is 9.94. The SMILES string of the molecule is CCc1cccc(C)c1NC(=O)C1CCN(Cc2cccc3ccccc23)CC1. The molecule has 1 heterocycles. The molecule has 0 saturated carbocycles. The van der Waals surface area contributed by atoms with E-state index in [9.17, 15) is 4.79 Å². The van der Waals surface area contributed by atoms with E-state index < -0.39 is 0 Å². The van der Waals surface area contributed by atoms with Crippen molar-refractivity contribution >= 4 is 22.4 Å². The van der Waals surface area contributed by atoms with E-state index in [2.05, 4.69) is 84.7 Å².